The minimum Gasteiger partial charge on any atom is -0.290 e. The predicted molar refractivity (Wildman–Crippen MR) is 82.6 cm³/mol. The molecule has 0 radical (unpaired) electrons. The molecule has 19 heavy (non-hydrogen) atoms. The van der Waals surface area contributed by atoms with E-state index in [0.29, 0.717) is 21.0 Å². The second-order valence-corrected chi connectivity index (χ2v) is 5.77. The molecule has 0 amide bonds. The van der Waals surface area contributed by atoms with Gasteiger partial charge >= 0.3 is 0 Å². The third-order valence-electron chi connectivity index (χ3n) is 3.02. The van der Waals surface area contributed by atoms with Crippen LogP contribution in [-0.2, 0) is 20.0 Å². The Morgan fingerprint density at radius 2 is 2.16 bits per heavy atom. The van der Waals surface area contributed by atoms with Gasteiger partial charge in [0, 0.05) is 13.2 Å². The standard InChI is InChI=1S/C12H14ClIN4O/c1-4-9-11(13)10(17(3)16-9)6-18-7(2)15-5-8(14)12(18)19/h5H,4,6H2,1-3H3. The van der Waals surface area contributed by atoms with Gasteiger partial charge in [-0.05, 0) is 35.9 Å². The summed E-state index contributed by atoms with van der Waals surface area (Å²) in [6.07, 6.45) is 2.35. The van der Waals surface area contributed by atoms with Gasteiger partial charge in [0.1, 0.15) is 5.82 Å². The summed E-state index contributed by atoms with van der Waals surface area (Å²) in [5, 5.41) is 4.99. The van der Waals surface area contributed by atoms with Crippen LogP contribution in [0.25, 0.3) is 0 Å². The number of hydrogen-bond donors (Lipinski definition) is 0. The molecule has 5 nitrogen and oxygen atoms in total. The van der Waals surface area contributed by atoms with Crippen LogP contribution in [0.3, 0.4) is 0 Å². The minimum absolute atomic E-state index is 0.0524. The molecule has 0 unspecified atom stereocenters. The molecular weight excluding hydrogens is 379 g/mol. The molecular formula is C12H14ClIN4O. The number of rotatable bonds is 3. The molecule has 0 N–H and O–H groups in total. The molecule has 0 saturated heterocycles. The van der Waals surface area contributed by atoms with E-state index in [0.717, 1.165) is 17.8 Å². The van der Waals surface area contributed by atoms with Gasteiger partial charge in [-0.2, -0.15) is 5.10 Å². The lowest BCUT2D eigenvalue weighted by Gasteiger charge is -2.10. The Labute approximate surface area is 129 Å². The van der Waals surface area contributed by atoms with Crippen LogP contribution in [0.4, 0.5) is 0 Å². The topological polar surface area (TPSA) is 52.7 Å². The van der Waals surface area contributed by atoms with E-state index in [4.69, 9.17) is 11.6 Å². The van der Waals surface area contributed by atoms with Gasteiger partial charge in [0.15, 0.2) is 0 Å². The summed E-state index contributed by atoms with van der Waals surface area (Å²) in [4.78, 5) is 16.3. The van der Waals surface area contributed by atoms with Crippen molar-refractivity contribution in [1.82, 2.24) is 19.3 Å². The predicted octanol–water partition coefficient (Wildman–Crippen LogP) is 2.15. The van der Waals surface area contributed by atoms with Crippen LogP contribution in [0.1, 0.15) is 24.1 Å². The van der Waals surface area contributed by atoms with Crippen LogP contribution in [0.5, 0.6) is 0 Å². The molecule has 0 spiro atoms. The van der Waals surface area contributed by atoms with E-state index in [1.54, 1.807) is 15.4 Å². The second-order valence-electron chi connectivity index (χ2n) is 4.23. The van der Waals surface area contributed by atoms with Crippen LogP contribution in [0, 0.1) is 10.5 Å². The quantitative estimate of drug-likeness (QED) is 0.752. The molecule has 2 heterocycles. The summed E-state index contributed by atoms with van der Waals surface area (Å²) in [5.41, 5.74) is 1.62. The Balaban J connectivity index is 2.51. The van der Waals surface area contributed by atoms with Crippen LogP contribution < -0.4 is 5.56 Å². The zero-order chi connectivity index (χ0) is 14.2. The van der Waals surface area contributed by atoms with E-state index in [1.807, 2.05) is 43.5 Å². The lowest BCUT2D eigenvalue weighted by Crippen LogP contribution is -2.27. The summed E-state index contributed by atoms with van der Waals surface area (Å²) < 4.78 is 3.94. The van der Waals surface area contributed by atoms with Crippen LogP contribution in [0.2, 0.25) is 5.02 Å². The fraction of sp³-hybridized carbons (Fsp3) is 0.417. The van der Waals surface area contributed by atoms with E-state index in [-0.39, 0.29) is 5.56 Å². The third-order valence-corrected chi connectivity index (χ3v) is 4.19. The van der Waals surface area contributed by atoms with Gasteiger partial charge in [0.2, 0.25) is 0 Å². The number of halogens is 2. The van der Waals surface area contributed by atoms with Crippen molar-refractivity contribution in [2.45, 2.75) is 26.8 Å². The zero-order valence-electron chi connectivity index (χ0n) is 10.9. The van der Waals surface area contributed by atoms with Gasteiger partial charge in [0.25, 0.3) is 5.56 Å². The lowest BCUT2D eigenvalue weighted by molar-refractivity contribution is 0.625. The first-order valence-electron chi connectivity index (χ1n) is 5.87. The number of aromatic nitrogens is 4. The van der Waals surface area contributed by atoms with Crippen molar-refractivity contribution in [2.24, 2.45) is 7.05 Å². The van der Waals surface area contributed by atoms with Crippen molar-refractivity contribution in [2.75, 3.05) is 0 Å². The summed E-state index contributed by atoms with van der Waals surface area (Å²) in [6, 6.07) is 0. The van der Waals surface area contributed by atoms with Gasteiger partial charge in [-0.1, -0.05) is 18.5 Å². The van der Waals surface area contributed by atoms with Crippen molar-refractivity contribution >= 4 is 34.2 Å². The molecule has 0 atom stereocenters. The molecule has 0 bridgehead atoms. The fourth-order valence-electron chi connectivity index (χ4n) is 1.88. The van der Waals surface area contributed by atoms with Gasteiger partial charge in [-0.3, -0.25) is 14.0 Å². The summed E-state index contributed by atoms with van der Waals surface area (Å²) in [7, 11) is 1.84. The maximum absolute atomic E-state index is 12.1. The molecule has 2 rings (SSSR count). The van der Waals surface area contributed by atoms with Crippen molar-refractivity contribution < 1.29 is 0 Å². The lowest BCUT2D eigenvalue weighted by atomic mass is 10.3. The SMILES string of the molecule is CCc1nn(C)c(Cn2c(C)ncc(I)c2=O)c1Cl. The van der Waals surface area contributed by atoms with Gasteiger partial charge in [-0.15, -0.1) is 0 Å². The average Bonchev–Trinajstić information content (AvgIpc) is 2.65. The largest absolute Gasteiger partial charge is 0.290 e. The molecule has 0 aliphatic heterocycles. The zero-order valence-corrected chi connectivity index (χ0v) is 13.9. The maximum Gasteiger partial charge on any atom is 0.267 e. The maximum atomic E-state index is 12.1. The molecule has 0 aliphatic carbocycles. The molecule has 2 aromatic heterocycles. The summed E-state index contributed by atoms with van der Waals surface area (Å²) >= 11 is 8.29. The third kappa shape index (κ3) is 2.69. The Hall–Kier alpha value is -0.890. The highest BCUT2D eigenvalue weighted by Gasteiger charge is 2.15. The summed E-state index contributed by atoms with van der Waals surface area (Å²) in [6.45, 7) is 4.20. The minimum atomic E-state index is -0.0524. The van der Waals surface area contributed by atoms with E-state index in [9.17, 15) is 4.79 Å². The Kier molecular flexibility index (Phi) is 4.29. The van der Waals surface area contributed by atoms with Gasteiger partial charge in [0.05, 0.1) is 26.5 Å². The Morgan fingerprint density at radius 1 is 1.47 bits per heavy atom. The average molecular weight is 393 g/mol. The van der Waals surface area contributed by atoms with Crippen molar-refractivity contribution in [3.63, 3.8) is 0 Å². The van der Waals surface area contributed by atoms with Gasteiger partial charge in [-0.25, -0.2) is 4.98 Å². The first kappa shape index (κ1) is 14.5. The normalized spacial score (nSPS) is 11.0. The van der Waals surface area contributed by atoms with Crippen LogP contribution in [0.15, 0.2) is 11.0 Å². The summed E-state index contributed by atoms with van der Waals surface area (Å²) in [5.74, 6) is 0.667. The molecule has 2 aromatic rings. The second kappa shape index (κ2) is 5.62. The van der Waals surface area contributed by atoms with E-state index in [1.165, 1.54) is 0 Å². The van der Waals surface area contributed by atoms with Crippen molar-refractivity contribution in [3.05, 3.63) is 42.4 Å². The van der Waals surface area contributed by atoms with Gasteiger partial charge < -0.3 is 0 Å². The van der Waals surface area contributed by atoms with Crippen LogP contribution >= 0.6 is 34.2 Å². The van der Waals surface area contributed by atoms with Crippen molar-refractivity contribution in [3.8, 4) is 0 Å². The highest BCUT2D eigenvalue weighted by Crippen LogP contribution is 2.21. The van der Waals surface area contributed by atoms with Crippen molar-refractivity contribution in [1.29, 1.82) is 0 Å². The van der Waals surface area contributed by atoms with E-state index < -0.39 is 0 Å². The number of nitrogens with zero attached hydrogens (tertiary/aromatic N) is 4. The Bertz CT molecular complexity index is 677. The fourth-order valence-corrected chi connectivity index (χ4v) is 2.66. The number of hydrogen-bond acceptors (Lipinski definition) is 3. The Morgan fingerprint density at radius 3 is 2.74 bits per heavy atom. The smallest absolute Gasteiger partial charge is 0.267 e. The first-order chi connectivity index (χ1) is 8.95. The first-order valence-corrected chi connectivity index (χ1v) is 7.33. The van der Waals surface area contributed by atoms with E-state index in [2.05, 4.69) is 10.1 Å². The highest BCUT2D eigenvalue weighted by atomic mass is 127. The van der Waals surface area contributed by atoms with Crippen LogP contribution in [-0.4, -0.2) is 19.3 Å². The molecule has 0 fully saturated rings. The number of aryl methyl sites for hydroxylation is 3. The highest BCUT2D eigenvalue weighted by molar-refractivity contribution is 14.1. The molecule has 102 valence electrons. The van der Waals surface area contributed by atoms with E-state index >= 15 is 0 Å². The molecule has 0 saturated carbocycles. The molecule has 0 aliphatic rings. The monoisotopic (exact) mass is 392 g/mol. The molecule has 7 heteroatoms. The molecule has 0 aromatic carbocycles.